The van der Waals surface area contributed by atoms with Gasteiger partial charge in [0.05, 0.1) is 0 Å². The van der Waals surface area contributed by atoms with Crippen LogP contribution in [0.2, 0.25) is 0 Å². The average Bonchev–Trinajstić information content (AvgIpc) is 2.15. The zero-order chi connectivity index (χ0) is 10.4. The Balaban J connectivity index is 2.60. The highest BCUT2D eigenvalue weighted by Crippen LogP contribution is 2.14. The molecule has 0 unspecified atom stereocenters. The smallest absolute Gasteiger partial charge is 0.130 e. The largest absolute Gasteiger partial charge is 0.458 e. The van der Waals surface area contributed by atoms with Crippen molar-refractivity contribution in [2.24, 2.45) is 0 Å². The number of ether oxygens (including phenoxy) is 1. The third kappa shape index (κ3) is 3.44. The van der Waals surface area contributed by atoms with E-state index in [1.165, 1.54) is 12.1 Å². The zero-order valence-corrected chi connectivity index (χ0v) is 8.16. The molecule has 0 aliphatic heterocycles. The highest BCUT2D eigenvalue weighted by Gasteiger charge is 1.96. The Bertz CT molecular complexity index is 342. The van der Waals surface area contributed by atoms with E-state index in [0.717, 1.165) is 6.42 Å². The molecule has 74 valence electrons. The SMILES string of the molecule is C=C(/C=C\CC)Oc1cccc(F)c1. The normalized spacial score (nSPS) is 10.4. The summed E-state index contributed by atoms with van der Waals surface area (Å²) in [7, 11) is 0. The summed E-state index contributed by atoms with van der Waals surface area (Å²) < 4.78 is 18.0. The molecule has 0 N–H and O–H groups in total. The molecule has 1 aromatic carbocycles. The van der Waals surface area contributed by atoms with Crippen molar-refractivity contribution in [2.45, 2.75) is 13.3 Å². The molecule has 0 aliphatic carbocycles. The van der Waals surface area contributed by atoms with Gasteiger partial charge in [0.2, 0.25) is 0 Å². The van der Waals surface area contributed by atoms with Crippen LogP contribution in [0, 0.1) is 5.82 Å². The topological polar surface area (TPSA) is 9.23 Å². The molecule has 2 heteroatoms. The van der Waals surface area contributed by atoms with Crippen molar-refractivity contribution < 1.29 is 9.13 Å². The molecular weight excluding hydrogens is 179 g/mol. The van der Waals surface area contributed by atoms with E-state index in [0.29, 0.717) is 11.5 Å². The number of halogens is 1. The first-order valence-electron chi connectivity index (χ1n) is 4.51. The van der Waals surface area contributed by atoms with Crippen LogP contribution in [0.4, 0.5) is 4.39 Å². The molecule has 0 atom stereocenters. The van der Waals surface area contributed by atoms with Crippen LogP contribution in [0.25, 0.3) is 0 Å². The number of rotatable bonds is 4. The van der Waals surface area contributed by atoms with Gasteiger partial charge in [-0.1, -0.05) is 25.6 Å². The maximum atomic E-state index is 12.7. The van der Waals surface area contributed by atoms with E-state index in [2.05, 4.69) is 6.58 Å². The molecule has 0 saturated heterocycles. The van der Waals surface area contributed by atoms with Gasteiger partial charge >= 0.3 is 0 Å². The van der Waals surface area contributed by atoms with Gasteiger partial charge in [-0.15, -0.1) is 0 Å². The van der Waals surface area contributed by atoms with Crippen molar-refractivity contribution in [2.75, 3.05) is 0 Å². The summed E-state index contributed by atoms with van der Waals surface area (Å²) in [6, 6.07) is 5.98. The van der Waals surface area contributed by atoms with E-state index in [9.17, 15) is 4.39 Å². The molecule has 0 aromatic heterocycles. The average molecular weight is 192 g/mol. The molecule has 0 spiro atoms. The van der Waals surface area contributed by atoms with E-state index < -0.39 is 0 Å². The van der Waals surface area contributed by atoms with E-state index in [-0.39, 0.29) is 5.82 Å². The van der Waals surface area contributed by atoms with Crippen LogP contribution in [0.15, 0.2) is 48.8 Å². The van der Waals surface area contributed by atoms with Crippen LogP contribution in [-0.2, 0) is 0 Å². The molecule has 0 radical (unpaired) electrons. The Hall–Kier alpha value is -1.57. The highest BCUT2D eigenvalue weighted by atomic mass is 19.1. The number of hydrogen-bond donors (Lipinski definition) is 0. The fraction of sp³-hybridized carbons (Fsp3) is 0.167. The van der Waals surface area contributed by atoms with E-state index in [1.54, 1.807) is 18.2 Å². The lowest BCUT2D eigenvalue weighted by molar-refractivity contribution is 0.442. The second-order valence-electron chi connectivity index (χ2n) is 2.84. The Labute approximate surface area is 83.5 Å². The standard InChI is InChI=1S/C12H13FO/c1-3-4-6-10(2)14-12-8-5-7-11(13)9-12/h4-9H,2-3H2,1H3/b6-4-. The maximum Gasteiger partial charge on any atom is 0.130 e. The lowest BCUT2D eigenvalue weighted by Gasteiger charge is -2.04. The van der Waals surface area contributed by atoms with Crippen LogP contribution >= 0.6 is 0 Å². The third-order valence-electron chi connectivity index (χ3n) is 1.58. The summed E-state index contributed by atoms with van der Waals surface area (Å²) in [5, 5.41) is 0. The summed E-state index contributed by atoms with van der Waals surface area (Å²) in [4.78, 5) is 0. The lowest BCUT2D eigenvalue weighted by atomic mass is 10.3. The van der Waals surface area contributed by atoms with Crippen molar-refractivity contribution in [3.63, 3.8) is 0 Å². The molecule has 14 heavy (non-hydrogen) atoms. The molecule has 0 heterocycles. The minimum atomic E-state index is -0.310. The highest BCUT2D eigenvalue weighted by molar-refractivity contribution is 5.26. The predicted octanol–water partition coefficient (Wildman–Crippen LogP) is 3.68. The molecule has 0 aliphatic rings. The van der Waals surface area contributed by atoms with Crippen LogP contribution < -0.4 is 4.74 Å². The van der Waals surface area contributed by atoms with Gasteiger partial charge in [-0.25, -0.2) is 4.39 Å². The van der Waals surface area contributed by atoms with Crippen LogP contribution in [-0.4, -0.2) is 0 Å². The number of benzene rings is 1. The fourth-order valence-electron chi connectivity index (χ4n) is 0.965. The van der Waals surface area contributed by atoms with Crippen molar-refractivity contribution in [1.29, 1.82) is 0 Å². The van der Waals surface area contributed by atoms with Crippen molar-refractivity contribution >= 4 is 0 Å². The summed E-state index contributed by atoms with van der Waals surface area (Å²) in [6.07, 6.45) is 4.62. The molecule has 1 nitrogen and oxygen atoms in total. The minimum Gasteiger partial charge on any atom is -0.458 e. The first kappa shape index (κ1) is 10.5. The number of allylic oxidation sites excluding steroid dienone is 2. The van der Waals surface area contributed by atoms with Gasteiger partial charge in [0.25, 0.3) is 0 Å². The Morgan fingerprint density at radius 3 is 3.00 bits per heavy atom. The van der Waals surface area contributed by atoms with Crippen molar-refractivity contribution in [3.05, 3.63) is 54.6 Å². The van der Waals surface area contributed by atoms with Gasteiger partial charge in [0.15, 0.2) is 0 Å². The summed E-state index contributed by atoms with van der Waals surface area (Å²) >= 11 is 0. The Kier molecular flexibility index (Phi) is 3.92. The van der Waals surface area contributed by atoms with E-state index in [1.807, 2.05) is 13.0 Å². The minimum absolute atomic E-state index is 0.310. The monoisotopic (exact) mass is 192 g/mol. The molecule has 0 amide bonds. The summed E-state index contributed by atoms with van der Waals surface area (Å²) in [5.41, 5.74) is 0. The van der Waals surface area contributed by atoms with Crippen molar-refractivity contribution in [3.8, 4) is 5.75 Å². The zero-order valence-electron chi connectivity index (χ0n) is 8.16. The Morgan fingerprint density at radius 2 is 2.36 bits per heavy atom. The Morgan fingerprint density at radius 1 is 1.57 bits per heavy atom. The van der Waals surface area contributed by atoms with Gasteiger partial charge in [-0.2, -0.15) is 0 Å². The van der Waals surface area contributed by atoms with Gasteiger partial charge in [-0.05, 0) is 24.6 Å². The molecule has 0 bridgehead atoms. The molecule has 1 rings (SSSR count). The van der Waals surface area contributed by atoms with Gasteiger partial charge in [0, 0.05) is 6.07 Å². The molecule has 1 aromatic rings. The lowest BCUT2D eigenvalue weighted by Crippen LogP contribution is -1.90. The maximum absolute atomic E-state index is 12.7. The molecule has 0 saturated carbocycles. The first-order valence-corrected chi connectivity index (χ1v) is 4.51. The summed E-state index contributed by atoms with van der Waals surface area (Å²) in [6.45, 7) is 5.71. The quantitative estimate of drug-likeness (QED) is 0.522. The summed E-state index contributed by atoms with van der Waals surface area (Å²) in [5.74, 6) is 0.669. The fourth-order valence-corrected chi connectivity index (χ4v) is 0.965. The van der Waals surface area contributed by atoms with Crippen LogP contribution in [0.1, 0.15) is 13.3 Å². The van der Waals surface area contributed by atoms with E-state index >= 15 is 0 Å². The second-order valence-corrected chi connectivity index (χ2v) is 2.84. The van der Waals surface area contributed by atoms with Crippen molar-refractivity contribution in [1.82, 2.24) is 0 Å². The first-order chi connectivity index (χ1) is 6.72. The third-order valence-corrected chi connectivity index (χ3v) is 1.58. The van der Waals surface area contributed by atoms with Gasteiger partial charge in [-0.3, -0.25) is 0 Å². The molecule has 0 fully saturated rings. The van der Waals surface area contributed by atoms with Crippen LogP contribution in [0.5, 0.6) is 5.75 Å². The van der Waals surface area contributed by atoms with Gasteiger partial charge < -0.3 is 4.74 Å². The second kappa shape index (κ2) is 5.22. The predicted molar refractivity (Wildman–Crippen MR) is 55.6 cm³/mol. The number of hydrogen-bond acceptors (Lipinski definition) is 1. The van der Waals surface area contributed by atoms with E-state index in [4.69, 9.17) is 4.74 Å². The van der Waals surface area contributed by atoms with Crippen LogP contribution in [0.3, 0.4) is 0 Å². The molecular formula is C12H13FO. The van der Waals surface area contributed by atoms with Gasteiger partial charge in [0.1, 0.15) is 17.3 Å².